The van der Waals surface area contributed by atoms with Gasteiger partial charge in [0.15, 0.2) is 0 Å². The van der Waals surface area contributed by atoms with Crippen molar-refractivity contribution in [2.75, 3.05) is 0 Å². The van der Waals surface area contributed by atoms with Crippen LogP contribution in [0, 0.1) is 0 Å². The summed E-state index contributed by atoms with van der Waals surface area (Å²) in [7, 11) is 0. The molecule has 1 rings (SSSR count). The van der Waals surface area contributed by atoms with Crippen LogP contribution in [0.2, 0.25) is 0 Å². The second-order valence-electron chi connectivity index (χ2n) is 2.78. The van der Waals surface area contributed by atoms with Gasteiger partial charge in [-0.1, -0.05) is 0 Å². The minimum absolute atomic E-state index is 0.0258. The molecule has 1 heterocycles. The molecule has 1 N–H and O–H groups in total. The fourth-order valence-electron chi connectivity index (χ4n) is 0.844. The summed E-state index contributed by atoms with van der Waals surface area (Å²) in [5, 5.41) is 5.35. The third-order valence-electron chi connectivity index (χ3n) is 1.56. The molecule has 1 aromatic rings. The third-order valence-corrected chi connectivity index (χ3v) is 2.75. The van der Waals surface area contributed by atoms with Crippen molar-refractivity contribution in [1.82, 2.24) is 10.3 Å². The normalized spacial score (nSPS) is 15.0. The number of carbonyl (C=O) groups is 1. The van der Waals surface area contributed by atoms with E-state index in [1.807, 2.05) is 12.3 Å². The van der Waals surface area contributed by atoms with E-state index in [0.29, 0.717) is 0 Å². The van der Waals surface area contributed by atoms with Crippen LogP contribution in [0.15, 0.2) is 11.6 Å². The number of thiazole rings is 1. The van der Waals surface area contributed by atoms with Gasteiger partial charge in [0.25, 0.3) is 0 Å². The molecule has 0 fully saturated rings. The molecule has 2 atom stereocenters. The van der Waals surface area contributed by atoms with Crippen molar-refractivity contribution in [2.45, 2.75) is 25.1 Å². The highest BCUT2D eigenvalue weighted by molar-refractivity contribution is 7.81. The first kappa shape index (κ1) is 10.5. The van der Waals surface area contributed by atoms with Gasteiger partial charge in [-0.15, -0.1) is 11.3 Å². The van der Waals surface area contributed by atoms with Crippen molar-refractivity contribution in [2.24, 2.45) is 0 Å². The van der Waals surface area contributed by atoms with Gasteiger partial charge in [0.2, 0.25) is 5.91 Å². The summed E-state index contributed by atoms with van der Waals surface area (Å²) < 4.78 is 0. The maximum atomic E-state index is 11.2. The third kappa shape index (κ3) is 3.00. The van der Waals surface area contributed by atoms with Crippen LogP contribution in [0.3, 0.4) is 0 Å². The standard InChI is InChI=1S/C8H12N2OS2/c1-5(8-9-3-4-13-8)10-7(11)6(2)12/h3-6,12H,1-2H3,(H,10,11). The molecule has 1 amide bonds. The Balaban J connectivity index is 2.51. The Morgan fingerprint density at radius 1 is 1.69 bits per heavy atom. The topological polar surface area (TPSA) is 42.0 Å². The largest absolute Gasteiger partial charge is 0.346 e. The van der Waals surface area contributed by atoms with Gasteiger partial charge in [0.1, 0.15) is 5.01 Å². The van der Waals surface area contributed by atoms with Crippen molar-refractivity contribution in [1.29, 1.82) is 0 Å². The molecule has 5 heteroatoms. The predicted molar refractivity (Wildman–Crippen MR) is 57.1 cm³/mol. The SMILES string of the molecule is CC(S)C(=O)NC(C)c1nccs1. The molecule has 0 saturated carbocycles. The molecule has 0 aliphatic rings. The van der Waals surface area contributed by atoms with E-state index >= 15 is 0 Å². The second-order valence-corrected chi connectivity index (χ2v) is 4.48. The number of rotatable bonds is 3. The summed E-state index contributed by atoms with van der Waals surface area (Å²) in [4.78, 5) is 15.3. The van der Waals surface area contributed by atoms with E-state index in [1.165, 1.54) is 11.3 Å². The highest BCUT2D eigenvalue weighted by atomic mass is 32.1. The van der Waals surface area contributed by atoms with E-state index in [2.05, 4.69) is 22.9 Å². The first-order valence-corrected chi connectivity index (χ1v) is 5.38. The molecular weight excluding hydrogens is 204 g/mol. The highest BCUT2D eigenvalue weighted by Crippen LogP contribution is 2.14. The van der Waals surface area contributed by atoms with E-state index in [0.717, 1.165) is 5.01 Å². The van der Waals surface area contributed by atoms with Gasteiger partial charge in [-0.05, 0) is 13.8 Å². The first-order chi connectivity index (χ1) is 6.11. The number of amides is 1. The number of thiol groups is 1. The minimum Gasteiger partial charge on any atom is -0.346 e. The highest BCUT2D eigenvalue weighted by Gasteiger charge is 2.13. The number of hydrogen-bond donors (Lipinski definition) is 2. The van der Waals surface area contributed by atoms with Crippen molar-refractivity contribution in [3.05, 3.63) is 16.6 Å². The maximum Gasteiger partial charge on any atom is 0.233 e. The minimum atomic E-state index is -0.276. The molecule has 0 aliphatic carbocycles. The Hall–Kier alpha value is -0.550. The lowest BCUT2D eigenvalue weighted by Gasteiger charge is -2.12. The fraction of sp³-hybridized carbons (Fsp3) is 0.500. The maximum absolute atomic E-state index is 11.2. The Morgan fingerprint density at radius 3 is 2.85 bits per heavy atom. The van der Waals surface area contributed by atoms with Crippen LogP contribution in [-0.4, -0.2) is 16.1 Å². The van der Waals surface area contributed by atoms with Gasteiger partial charge >= 0.3 is 0 Å². The Bertz CT molecular complexity index is 272. The van der Waals surface area contributed by atoms with Crippen LogP contribution in [0.5, 0.6) is 0 Å². The lowest BCUT2D eigenvalue weighted by Crippen LogP contribution is -2.31. The average molecular weight is 216 g/mol. The number of nitrogens with zero attached hydrogens (tertiary/aromatic N) is 1. The predicted octanol–water partition coefficient (Wildman–Crippen LogP) is 1.64. The van der Waals surface area contributed by atoms with Gasteiger partial charge in [-0.3, -0.25) is 4.79 Å². The van der Waals surface area contributed by atoms with E-state index < -0.39 is 0 Å². The fourth-order valence-corrected chi connectivity index (χ4v) is 1.56. The van der Waals surface area contributed by atoms with Crippen molar-refractivity contribution in [3.8, 4) is 0 Å². The van der Waals surface area contributed by atoms with E-state index in [4.69, 9.17) is 0 Å². The van der Waals surface area contributed by atoms with Gasteiger partial charge in [0, 0.05) is 11.6 Å². The Morgan fingerprint density at radius 2 is 2.38 bits per heavy atom. The second kappa shape index (κ2) is 4.62. The van der Waals surface area contributed by atoms with Crippen LogP contribution in [-0.2, 0) is 4.79 Å². The molecule has 0 aromatic carbocycles. The molecule has 0 saturated heterocycles. The molecule has 0 bridgehead atoms. The van der Waals surface area contributed by atoms with Gasteiger partial charge in [-0.2, -0.15) is 12.6 Å². The molecule has 2 unspecified atom stereocenters. The van der Waals surface area contributed by atoms with Gasteiger partial charge < -0.3 is 5.32 Å². The van der Waals surface area contributed by atoms with Gasteiger partial charge in [0.05, 0.1) is 11.3 Å². The Kier molecular flexibility index (Phi) is 3.74. The Labute approximate surface area is 87.0 Å². The monoisotopic (exact) mass is 216 g/mol. The molecule has 13 heavy (non-hydrogen) atoms. The zero-order chi connectivity index (χ0) is 9.84. The first-order valence-electron chi connectivity index (χ1n) is 3.99. The summed E-state index contributed by atoms with van der Waals surface area (Å²) in [6.07, 6.45) is 1.73. The zero-order valence-electron chi connectivity index (χ0n) is 7.52. The molecule has 0 aliphatic heterocycles. The van der Waals surface area contributed by atoms with Crippen molar-refractivity contribution >= 4 is 29.9 Å². The molecular formula is C8H12N2OS2. The molecule has 1 aromatic heterocycles. The summed E-state index contributed by atoms with van der Waals surface area (Å²) in [5.74, 6) is -0.0639. The lowest BCUT2D eigenvalue weighted by molar-refractivity contribution is -0.120. The molecule has 0 radical (unpaired) electrons. The van der Waals surface area contributed by atoms with E-state index in [-0.39, 0.29) is 17.2 Å². The van der Waals surface area contributed by atoms with E-state index in [1.54, 1.807) is 13.1 Å². The van der Waals surface area contributed by atoms with Crippen LogP contribution in [0.4, 0.5) is 0 Å². The number of nitrogens with one attached hydrogen (secondary N) is 1. The lowest BCUT2D eigenvalue weighted by atomic mass is 10.3. The molecule has 0 spiro atoms. The van der Waals surface area contributed by atoms with Crippen molar-refractivity contribution in [3.63, 3.8) is 0 Å². The summed E-state index contributed by atoms with van der Waals surface area (Å²) in [6.45, 7) is 3.65. The van der Waals surface area contributed by atoms with Crippen LogP contribution in [0.1, 0.15) is 24.9 Å². The molecule has 3 nitrogen and oxygen atoms in total. The van der Waals surface area contributed by atoms with Crippen molar-refractivity contribution < 1.29 is 4.79 Å². The summed E-state index contributed by atoms with van der Waals surface area (Å²) in [6, 6.07) is -0.0258. The van der Waals surface area contributed by atoms with E-state index in [9.17, 15) is 4.79 Å². The van der Waals surface area contributed by atoms with Gasteiger partial charge in [-0.25, -0.2) is 4.98 Å². The van der Waals surface area contributed by atoms with Crippen LogP contribution in [0.25, 0.3) is 0 Å². The quantitative estimate of drug-likeness (QED) is 0.754. The summed E-state index contributed by atoms with van der Waals surface area (Å²) in [5.41, 5.74) is 0. The smallest absolute Gasteiger partial charge is 0.233 e. The molecule has 72 valence electrons. The zero-order valence-corrected chi connectivity index (χ0v) is 9.23. The van der Waals surface area contributed by atoms with Crippen LogP contribution >= 0.6 is 24.0 Å². The average Bonchev–Trinajstić information content (AvgIpc) is 2.55. The van der Waals surface area contributed by atoms with Crippen LogP contribution < -0.4 is 5.32 Å². The summed E-state index contributed by atoms with van der Waals surface area (Å²) >= 11 is 5.57. The number of hydrogen-bond acceptors (Lipinski definition) is 4. The number of carbonyl (C=O) groups excluding carboxylic acids is 1. The number of aromatic nitrogens is 1.